The molecule has 1 amide bonds. The predicted octanol–water partition coefficient (Wildman–Crippen LogP) is 4.53. The minimum absolute atomic E-state index is 0.111. The Hall–Kier alpha value is -3.44. The molecule has 34 heavy (non-hydrogen) atoms. The van der Waals surface area contributed by atoms with Crippen molar-refractivity contribution < 1.29 is 9.90 Å². The smallest absolute Gasteiger partial charge is 0.251 e. The molecule has 1 saturated heterocycles. The number of aryl methyl sites for hydroxylation is 1. The van der Waals surface area contributed by atoms with E-state index in [0.717, 1.165) is 27.8 Å². The Balaban J connectivity index is 1.44. The first-order valence-corrected chi connectivity index (χ1v) is 11.8. The van der Waals surface area contributed by atoms with Gasteiger partial charge < -0.3 is 14.6 Å². The lowest BCUT2D eigenvalue weighted by molar-refractivity contribution is -0.135. The van der Waals surface area contributed by atoms with Crippen molar-refractivity contribution in [1.29, 1.82) is 0 Å². The number of hydrogen-bond donors (Lipinski definition) is 1. The summed E-state index contributed by atoms with van der Waals surface area (Å²) < 4.78 is 1.60. The summed E-state index contributed by atoms with van der Waals surface area (Å²) in [4.78, 5) is 27.4. The molecule has 2 aromatic carbocycles. The van der Waals surface area contributed by atoms with Crippen LogP contribution in [0.3, 0.4) is 0 Å². The fraction of sp³-hybridized carbons (Fsp3) is 0.310. The lowest BCUT2D eigenvalue weighted by Crippen LogP contribution is -2.49. The molecule has 176 valence electrons. The Bertz CT molecular complexity index is 1210. The molecule has 1 N–H and O–H groups in total. The third-order valence-electron chi connectivity index (χ3n) is 6.65. The van der Waals surface area contributed by atoms with Gasteiger partial charge in [-0.15, -0.1) is 0 Å². The molecule has 5 nitrogen and oxygen atoms in total. The molecule has 0 saturated carbocycles. The lowest BCUT2D eigenvalue weighted by Gasteiger charge is -2.38. The van der Waals surface area contributed by atoms with Crippen molar-refractivity contribution in [3.8, 4) is 11.1 Å². The quantitative estimate of drug-likeness (QED) is 0.568. The monoisotopic (exact) mass is 456 g/mol. The Morgan fingerprint density at radius 3 is 2.26 bits per heavy atom. The molecule has 1 aromatic heterocycles. The van der Waals surface area contributed by atoms with Crippen LogP contribution in [0.15, 0.2) is 84.3 Å². The van der Waals surface area contributed by atoms with Gasteiger partial charge in [0.05, 0.1) is 12.1 Å². The van der Waals surface area contributed by atoms with Gasteiger partial charge in [-0.2, -0.15) is 0 Å². The number of benzene rings is 2. The number of piperidine rings is 1. The van der Waals surface area contributed by atoms with Crippen molar-refractivity contribution in [2.24, 2.45) is 0 Å². The molecule has 0 aliphatic carbocycles. The second-order valence-corrected chi connectivity index (χ2v) is 9.30. The lowest BCUT2D eigenvalue weighted by atomic mass is 9.90. The number of rotatable bonds is 7. The molecular formula is C29H32N2O3. The highest BCUT2D eigenvalue weighted by Crippen LogP contribution is 2.29. The number of aromatic nitrogens is 1. The van der Waals surface area contributed by atoms with Gasteiger partial charge in [0.25, 0.3) is 5.56 Å². The Kier molecular flexibility index (Phi) is 7.13. The number of nitrogens with zero attached hydrogens (tertiary/aromatic N) is 2. The normalized spacial score (nSPS) is 15.2. The second kappa shape index (κ2) is 10.2. The Morgan fingerprint density at radius 2 is 1.65 bits per heavy atom. The molecule has 0 bridgehead atoms. The molecule has 1 aliphatic rings. The van der Waals surface area contributed by atoms with E-state index in [0.29, 0.717) is 38.8 Å². The molecule has 1 aliphatic heterocycles. The van der Waals surface area contributed by atoms with Gasteiger partial charge in [0.15, 0.2) is 0 Å². The standard InChI is InChI=1S/C29H32N2O3/c1-22(2)25-19-28(33)31(20-26(25)24-11-7-4-8-12-24)21-29(34)15-17-30(18-16-29)27(32)14-13-23-9-5-3-6-10-23/h3-12,19-20,34H,1,13-18,21H2,2H3. The van der Waals surface area contributed by atoms with Gasteiger partial charge in [-0.1, -0.05) is 72.8 Å². The van der Waals surface area contributed by atoms with Gasteiger partial charge >= 0.3 is 0 Å². The number of likely N-dealkylation sites (tertiary alicyclic amines) is 1. The van der Waals surface area contributed by atoms with Crippen molar-refractivity contribution in [2.75, 3.05) is 13.1 Å². The van der Waals surface area contributed by atoms with E-state index in [1.54, 1.807) is 10.6 Å². The maximum Gasteiger partial charge on any atom is 0.251 e. The fourth-order valence-electron chi connectivity index (χ4n) is 4.60. The van der Waals surface area contributed by atoms with Crippen LogP contribution in [0.4, 0.5) is 0 Å². The topological polar surface area (TPSA) is 62.5 Å². The average molecular weight is 457 g/mol. The fourth-order valence-corrected chi connectivity index (χ4v) is 4.60. The van der Waals surface area contributed by atoms with Crippen LogP contribution in [-0.2, 0) is 17.8 Å². The number of amides is 1. The van der Waals surface area contributed by atoms with Crippen molar-refractivity contribution >= 4 is 11.5 Å². The van der Waals surface area contributed by atoms with Crippen molar-refractivity contribution in [1.82, 2.24) is 9.47 Å². The highest BCUT2D eigenvalue weighted by molar-refractivity contribution is 5.79. The first kappa shape index (κ1) is 23.7. The molecule has 0 radical (unpaired) electrons. The van der Waals surface area contributed by atoms with Crippen LogP contribution < -0.4 is 5.56 Å². The molecule has 5 heteroatoms. The van der Waals surface area contributed by atoms with E-state index in [4.69, 9.17) is 0 Å². The van der Waals surface area contributed by atoms with Crippen LogP contribution in [0.25, 0.3) is 16.7 Å². The third-order valence-corrected chi connectivity index (χ3v) is 6.65. The van der Waals surface area contributed by atoms with E-state index in [9.17, 15) is 14.7 Å². The molecule has 0 spiro atoms. The predicted molar refractivity (Wildman–Crippen MR) is 136 cm³/mol. The number of carbonyl (C=O) groups excluding carboxylic acids is 1. The molecule has 0 atom stereocenters. The van der Waals surface area contributed by atoms with Crippen LogP contribution in [0.5, 0.6) is 0 Å². The van der Waals surface area contributed by atoms with E-state index in [2.05, 4.69) is 6.58 Å². The first-order chi connectivity index (χ1) is 16.3. The van der Waals surface area contributed by atoms with Gasteiger partial charge in [-0.05, 0) is 42.9 Å². The average Bonchev–Trinajstić information content (AvgIpc) is 2.85. The summed E-state index contributed by atoms with van der Waals surface area (Å²) in [6.07, 6.45) is 3.90. The van der Waals surface area contributed by atoms with E-state index in [1.165, 1.54) is 0 Å². The number of pyridine rings is 1. The maximum absolute atomic E-state index is 12.9. The van der Waals surface area contributed by atoms with Gasteiger partial charge in [0.1, 0.15) is 0 Å². The molecule has 4 rings (SSSR count). The molecule has 2 heterocycles. The second-order valence-electron chi connectivity index (χ2n) is 9.30. The van der Waals surface area contributed by atoms with Gasteiger partial charge in [-0.3, -0.25) is 9.59 Å². The highest BCUT2D eigenvalue weighted by atomic mass is 16.3. The SMILES string of the molecule is C=C(C)c1cc(=O)n(CC2(O)CCN(C(=O)CCc3ccccc3)CC2)cc1-c1ccccc1. The first-order valence-electron chi connectivity index (χ1n) is 11.8. The number of allylic oxidation sites excluding steroid dienone is 1. The number of carbonyl (C=O) groups is 1. The van der Waals surface area contributed by atoms with Crippen molar-refractivity contribution in [2.45, 2.75) is 44.8 Å². The highest BCUT2D eigenvalue weighted by Gasteiger charge is 2.34. The van der Waals surface area contributed by atoms with Crippen LogP contribution in [-0.4, -0.2) is 39.2 Å². The minimum Gasteiger partial charge on any atom is -0.388 e. The summed E-state index contributed by atoms with van der Waals surface area (Å²) >= 11 is 0. The van der Waals surface area contributed by atoms with Crippen LogP contribution in [0.1, 0.15) is 37.3 Å². The molecule has 1 fully saturated rings. The summed E-state index contributed by atoms with van der Waals surface area (Å²) in [6, 6.07) is 21.5. The van der Waals surface area contributed by atoms with E-state index < -0.39 is 5.60 Å². The molecule has 0 unspecified atom stereocenters. The van der Waals surface area contributed by atoms with Gasteiger partial charge in [-0.25, -0.2) is 0 Å². The van der Waals surface area contributed by atoms with E-state index in [-0.39, 0.29) is 18.0 Å². The van der Waals surface area contributed by atoms with E-state index in [1.807, 2.05) is 78.7 Å². The summed E-state index contributed by atoms with van der Waals surface area (Å²) in [5.41, 5.74) is 3.52. The van der Waals surface area contributed by atoms with E-state index >= 15 is 0 Å². The molecule has 3 aromatic rings. The summed E-state index contributed by atoms with van der Waals surface area (Å²) in [5, 5.41) is 11.3. The van der Waals surface area contributed by atoms with Crippen LogP contribution in [0.2, 0.25) is 0 Å². The Morgan fingerprint density at radius 1 is 1.03 bits per heavy atom. The summed E-state index contributed by atoms with van der Waals surface area (Å²) in [5.74, 6) is 0.111. The largest absolute Gasteiger partial charge is 0.388 e. The Labute approximate surface area is 201 Å². The molecular weight excluding hydrogens is 424 g/mol. The summed E-state index contributed by atoms with van der Waals surface area (Å²) in [6.45, 7) is 7.12. The zero-order valence-corrected chi connectivity index (χ0v) is 19.7. The van der Waals surface area contributed by atoms with Gasteiger partial charge in [0, 0.05) is 37.3 Å². The summed E-state index contributed by atoms with van der Waals surface area (Å²) in [7, 11) is 0. The zero-order valence-electron chi connectivity index (χ0n) is 19.7. The van der Waals surface area contributed by atoms with Crippen LogP contribution >= 0.6 is 0 Å². The van der Waals surface area contributed by atoms with Crippen molar-refractivity contribution in [3.05, 3.63) is 101 Å². The van der Waals surface area contributed by atoms with Crippen LogP contribution in [0, 0.1) is 0 Å². The minimum atomic E-state index is -1.03. The number of hydrogen-bond acceptors (Lipinski definition) is 3. The van der Waals surface area contributed by atoms with Gasteiger partial charge in [0.2, 0.25) is 5.91 Å². The van der Waals surface area contributed by atoms with Crippen molar-refractivity contribution in [3.63, 3.8) is 0 Å². The number of aliphatic hydroxyl groups is 1. The third kappa shape index (κ3) is 5.54. The zero-order chi connectivity index (χ0) is 24.1. The maximum atomic E-state index is 12.9.